The van der Waals surface area contributed by atoms with Crippen molar-refractivity contribution in [2.45, 2.75) is 35.1 Å². The molecule has 0 amide bonds. The summed E-state index contributed by atoms with van der Waals surface area (Å²) < 4.78 is 0. The van der Waals surface area contributed by atoms with Gasteiger partial charge >= 0.3 is 0 Å². The molecule has 0 aliphatic heterocycles. The van der Waals surface area contributed by atoms with Gasteiger partial charge in [0.05, 0.1) is 18.8 Å². The molecule has 0 atom stereocenters. The standard InChI is InChI=1S/C28H29NO2S/c1-20-5-2-6-23(17-20)32-27-10-4-8-25-24(7-3-9-26(25)27)22-13-11-21(12-14-22)15-16-28(29,18-30)19-31/h2-14,17,30-31H,15-16,18-19,29H2,1H3. The lowest BCUT2D eigenvalue weighted by molar-refractivity contribution is 0.115. The number of aryl methyl sites for hydroxylation is 2. The number of benzene rings is 4. The Hall–Kier alpha value is -2.63. The number of hydrogen-bond donors (Lipinski definition) is 3. The quantitative estimate of drug-likeness (QED) is 0.332. The molecule has 0 fully saturated rings. The summed E-state index contributed by atoms with van der Waals surface area (Å²) >= 11 is 1.80. The van der Waals surface area contributed by atoms with E-state index in [0.29, 0.717) is 12.8 Å². The highest BCUT2D eigenvalue weighted by Gasteiger charge is 2.22. The van der Waals surface area contributed by atoms with Crippen molar-refractivity contribution < 1.29 is 10.2 Å². The summed E-state index contributed by atoms with van der Waals surface area (Å²) in [5.74, 6) is 0. The summed E-state index contributed by atoms with van der Waals surface area (Å²) in [4.78, 5) is 2.49. The highest BCUT2D eigenvalue weighted by molar-refractivity contribution is 7.99. The van der Waals surface area contributed by atoms with E-state index in [1.54, 1.807) is 11.8 Å². The lowest BCUT2D eigenvalue weighted by Crippen LogP contribution is -2.47. The summed E-state index contributed by atoms with van der Waals surface area (Å²) in [5, 5.41) is 21.3. The fraction of sp³-hybridized carbons (Fsp3) is 0.214. The molecule has 0 aliphatic rings. The van der Waals surface area contributed by atoms with Crippen LogP contribution in [0.4, 0.5) is 0 Å². The van der Waals surface area contributed by atoms with Gasteiger partial charge in [0, 0.05) is 9.79 Å². The van der Waals surface area contributed by atoms with Gasteiger partial charge in [-0.1, -0.05) is 84.1 Å². The van der Waals surface area contributed by atoms with Crippen LogP contribution < -0.4 is 5.73 Å². The lowest BCUT2D eigenvalue weighted by Gasteiger charge is -2.24. The third-order valence-electron chi connectivity index (χ3n) is 5.91. The topological polar surface area (TPSA) is 66.5 Å². The first-order chi connectivity index (χ1) is 15.5. The summed E-state index contributed by atoms with van der Waals surface area (Å²) in [5.41, 5.74) is 9.85. The van der Waals surface area contributed by atoms with E-state index in [4.69, 9.17) is 5.73 Å². The Morgan fingerprint density at radius 3 is 2.22 bits per heavy atom. The van der Waals surface area contributed by atoms with Crippen LogP contribution in [0.1, 0.15) is 17.5 Å². The molecule has 3 nitrogen and oxygen atoms in total. The van der Waals surface area contributed by atoms with Crippen molar-refractivity contribution in [1.29, 1.82) is 0 Å². The van der Waals surface area contributed by atoms with Gasteiger partial charge in [-0.2, -0.15) is 0 Å². The molecule has 164 valence electrons. The van der Waals surface area contributed by atoms with Crippen LogP contribution in [0.15, 0.2) is 94.7 Å². The van der Waals surface area contributed by atoms with Crippen LogP contribution in [0.3, 0.4) is 0 Å². The Morgan fingerprint density at radius 1 is 0.812 bits per heavy atom. The Bertz CT molecular complexity index is 1200. The van der Waals surface area contributed by atoms with E-state index in [1.807, 2.05) is 0 Å². The van der Waals surface area contributed by atoms with Crippen molar-refractivity contribution in [3.8, 4) is 11.1 Å². The molecule has 0 heterocycles. The molecular weight excluding hydrogens is 414 g/mol. The third-order valence-corrected chi connectivity index (χ3v) is 6.97. The maximum absolute atomic E-state index is 9.40. The minimum absolute atomic E-state index is 0.222. The fourth-order valence-corrected chi connectivity index (χ4v) is 4.96. The van der Waals surface area contributed by atoms with E-state index in [9.17, 15) is 10.2 Å². The average Bonchev–Trinajstić information content (AvgIpc) is 2.83. The molecule has 4 heteroatoms. The molecule has 4 N–H and O–H groups in total. The summed E-state index contributed by atoms with van der Waals surface area (Å²) in [6.45, 7) is 1.68. The molecule has 0 saturated heterocycles. The van der Waals surface area contributed by atoms with Gasteiger partial charge in [0.15, 0.2) is 0 Å². The largest absolute Gasteiger partial charge is 0.394 e. The number of nitrogens with two attached hydrogens (primary N) is 1. The van der Waals surface area contributed by atoms with E-state index < -0.39 is 5.54 Å². The van der Waals surface area contributed by atoms with Crippen LogP contribution in [0.25, 0.3) is 21.9 Å². The first-order valence-corrected chi connectivity index (χ1v) is 11.7. The number of fused-ring (bicyclic) bond motifs is 1. The number of hydrogen-bond acceptors (Lipinski definition) is 4. The Morgan fingerprint density at radius 2 is 1.50 bits per heavy atom. The van der Waals surface area contributed by atoms with Gasteiger partial charge in [0.1, 0.15) is 0 Å². The van der Waals surface area contributed by atoms with Gasteiger partial charge < -0.3 is 15.9 Å². The van der Waals surface area contributed by atoms with Crippen LogP contribution in [-0.4, -0.2) is 29.0 Å². The maximum Gasteiger partial charge on any atom is 0.0633 e. The molecule has 0 unspecified atom stereocenters. The van der Waals surface area contributed by atoms with Crippen LogP contribution >= 0.6 is 11.8 Å². The molecule has 0 bridgehead atoms. The fourth-order valence-electron chi connectivity index (χ4n) is 3.88. The van der Waals surface area contributed by atoms with Crippen LogP contribution in [0, 0.1) is 6.92 Å². The van der Waals surface area contributed by atoms with Crippen molar-refractivity contribution in [2.24, 2.45) is 5.73 Å². The minimum Gasteiger partial charge on any atom is -0.394 e. The van der Waals surface area contributed by atoms with Gasteiger partial charge in [0.2, 0.25) is 0 Å². The van der Waals surface area contributed by atoms with Crippen molar-refractivity contribution >= 4 is 22.5 Å². The molecule has 0 radical (unpaired) electrons. The minimum atomic E-state index is -0.931. The summed E-state index contributed by atoms with van der Waals surface area (Å²) in [6, 6.07) is 30.1. The molecule has 4 aromatic carbocycles. The first-order valence-electron chi connectivity index (χ1n) is 10.9. The Kier molecular flexibility index (Phi) is 6.97. The molecular formula is C28H29NO2S. The van der Waals surface area contributed by atoms with Crippen molar-refractivity contribution in [1.82, 2.24) is 0 Å². The smallest absolute Gasteiger partial charge is 0.0633 e. The predicted molar refractivity (Wildman–Crippen MR) is 134 cm³/mol. The van der Waals surface area contributed by atoms with Crippen LogP contribution in [-0.2, 0) is 6.42 Å². The Balaban J connectivity index is 1.61. The van der Waals surface area contributed by atoms with Gasteiger partial charge in [-0.25, -0.2) is 0 Å². The zero-order chi connectivity index (χ0) is 22.6. The van der Waals surface area contributed by atoms with E-state index in [1.165, 1.54) is 37.3 Å². The second-order valence-corrected chi connectivity index (χ2v) is 9.57. The molecule has 4 rings (SSSR count). The van der Waals surface area contributed by atoms with Crippen LogP contribution in [0.2, 0.25) is 0 Å². The molecule has 4 aromatic rings. The first kappa shape index (κ1) is 22.6. The van der Waals surface area contributed by atoms with Gasteiger partial charge in [0.25, 0.3) is 0 Å². The van der Waals surface area contributed by atoms with Crippen molar-refractivity contribution in [2.75, 3.05) is 13.2 Å². The molecule has 32 heavy (non-hydrogen) atoms. The van der Waals surface area contributed by atoms with Crippen molar-refractivity contribution in [3.05, 3.63) is 96.1 Å². The number of rotatable bonds is 8. The molecule has 0 aromatic heterocycles. The summed E-state index contributed by atoms with van der Waals surface area (Å²) in [7, 11) is 0. The van der Waals surface area contributed by atoms with E-state index in [-0.39, 0.29) is 13.2 Å². The molecule has 0 aliphatic carbocycles. The Labute approximate surface area is 193 Å². The van der Waals surface area contributed by atoms with Gasteiger partial charge in [-0.15, -0.1) is 0 Å². The zero-order valence-electron chi connectivity index (χ0n) is 18.3. The predicted octanol–water partition coefficient (Wildman–Crippen LogP) is 5.58. The highest BCUT2D eigenvalue weighted by Crippen LogP contribution is 2.37. The van der Waals surface area contributed by atoms with Gasteiger partial charge in [-0.3, -0.25) is 0 Å². The zero-order valence-corrected chi connectivity index (χ0v) is 19.1. The second-order valence-electron chi connectivity index (χ2n) is 8.45. The van der Waals surface area contributed by atoms with E-state index in [0.717, 1.165) is 5.56 Å². The SMILES string of the molecule is Cc1cccc(Sc2cccc3c(-c4ccc(CCC(N)(CO)CO)cc4)cccc23)c1. The average molecular weight is 444 g/mol. The molecule has 0 saturated carbocycles. The lowest BCUT2D eigenvalue weighted by atomic mass is 9.92. The van der Waals surface area contributed by atoms with E-state index >= 15 is 0 Å². The maximum atomic E-state index is 9.40. The van der Waals surface area contributed by atoms with Crippen molar-refractivity contribution in [3.63, 3.8) is 0 Å². The van der Waals surface area contributed by atoms with Gasteiger partial charge in [-0.05, 0) is 65.4 Å². The number of aliphatic hydroxyl groups excluding tert-OH is 2. The normalized spacial score (nSPS) is 11.8. The second kappa shape index (κ2) is 9.88. The summed E-state index contributed by atoms with van der Waals surface area (Å²) in [6.07, 6.45) is 1.25. The van der Waals surface area contributed by atoms with Crippen LogP contribution in [0.5, 0.6) is 0 Å². The monoisotopic (exact) mass is 443 g/mol. The third kappa shape index (κ3) is 5.05. The van der Waals surface area contributed by atoms with E-state index in [2.05, 4.69) is 91.9 Å². The number of aliphatic hydroxyl groups is 2. The highest BCUT2D eigenvalue weighted by atomic mass is 32.2. The molecule has 0 spiro atoms.